The van der Waals surface area contributed by atoms with E-state index in [9.17, 15) is 4.79 Å². The van der Waals surface area contributed by atoms with Crippen LogP contribution >= 0.6 is 11.3 Å². The van der Waals surface area contributed by atoms with Gasteiger partial charge in [-0.25, -0.2) is 0 Å². The normalized spacial score (nSPS) is 26.2. The Hall–Kier alpha value is -1.59. The van der Waals surface area contributed by atoms with Crippen LogP contribution in [0, 0.1) is 11.8 Å². The molecule has 1 aliphatic carbocycles. The number of hydrogen-bond acceptors (Lipinski definition) is 3. The van der Waals surface area contributed by atoms with Crippen LogP contribution in [-0.2, 0) is 13.6 Å². The fraction of sp³-hybridized carbons (Fsp3) is 0.550. The highest BCUT2D eigenvalue weighted by molar-refractivity contribution is 7.09. The summed E-state index contributed by atoms with van der Waals surface area (Å²) in [6, 6.07) is 8.83. The Morgan fingerprint density at radius 3 is 2.88 bits per heavy atom. The fourth-order valence-corrected chi connectivity index (χ4v) is 5.53. The van der Waals surface area contributed by atoms with Gasteiger partial charge in [0.05, 0.1) is 0 Å². The van der Waals surface area contributed by atoms with Crippen molar-refractivity contribution in [2.45, 2.75) is 31.8 Å². The number of aryl methyl sites for hydroxylation is 1. The molecule has 134 valence electrons. The Kier molecular flexibility index (Phi) is 4.69. The molecule has 2 fully saturated rings. The van der Waals surface area contributed by atoms with Crippen molar-refractivity contribution >= 4 is 17.2 Å². The van der Waals surface area contributed by atoms with Gasteiger partial charge >= 0.3 is 0 Å². The van der Waals surface area contributed by atoms with E-state index in [2.05, 4.69) is 34.4 Å². The molecule has 2 aromatic rings. The lowest BCUT2D eigenvalue weighted by molar-refractivity contribution is 0.0761. The summed E-state index contributed by atoms with van der Waals surface area (Å²) in [6.07, 6.45) is 5.76. The van der Waals surface area contributed by atoms with E-state index in [0.717, 1.165) is 25.3 Å². The molecule has 4 nitrogen and oxygen atoms in total. The van der Waals surface area contributed by atoms with E-state index in [-0.39, 0.29) is 5.91 Å². The van der Waals surface area contributed by atoms with Crippen LogP contribution < -0.4 is 0 Å². The quantitative estimate of drug-likeness (QED) is 0.838. The minimum Gasteiger partial charge on any atom is -0.347 e. The molecule has 3 atom stereocenters. The molecule has 2 aromatic heterocycles. The van der Waals surface area contributed by atoms with E-state index in [1.165, 1.54) is 24.1 Å². The first-order chi connectivity index (χ1) is 12.1. The van der Waals surface area contributed by atoms with Crippen LogP contribution in [0.3, 0.4) is 0 Å². The van der Waals surface area contributed by atoms with E-state index >= 15 is 0 Å². The van der Waals surface area contributed by atoms with Crippen molar-refractivity contribution in [2.75, 3.05) is 20.1 Å². The van der Waals surface area contributed by atoms with E-state index in [1.54, 1.807) is 0 Å². The molecule has 0 radical (unpaired) electrons. The minimum absolute atomic E-state index is 0.196. The number of aromatic nitrogens is 1. The molecule has 1 unspecified atom stereocenters. The highest BCUT2D eigenvalue weighted by Gasteiger charge is 2.43. The highest BCUT2D eigenvalue weighted by atomic mass is 32.1. The van der Waals surface area contributed by atoms with Crippen LogP contribution in [-0.4, -0.2) is 46.5 Å². The molecule has 2 aliphatic rings. The smallest absolute Gasteiger partial charge is 0.270 e. The number of carbonyl (C=O) groups is 1. The standard InChI is InChI=1S/C20H27N3OS/c1-21-10-4-9-19(21)20(24)23-12-15-6-3-8-18(17(15)14-23)22(2)13-16-7-5-11-25-16/h4-5,7,9-11,15,17-18H,3,6,8,12-14H2,1-2H3/t15-,17+,18?/m1/s1. The lowest BCUT2D eigenvalue weighted by Crippen LogP contribution is -2.43. The Balaban J connectivity index is 1.46. The van der Waals surface area contributed by atoms with Crippen molar-refractivity contribution in [2.24, 2.45) is 18.9 Å². The zero-order valence-corrected chi connectivity index (χ0v) is 15.9. The Morgan fingerprint density at radius 1 is 1.28 bits per heavy atom. The van der Waals surface area contributed by atoms with Crippen molar-refractivity contribution < 1.29 is 4.79 Å². The first-order valence-electron chi connectivity index (χ1n) is 9.26. The van der Waals surface area contributed by atoms with Crippen LogP contribution in [0.2, 0.25) is 0 Å². The number of carbonyl (C=O) groups excluding carboxylic acids is 1. The van der Waals surface area contributed by atoms with Crippen molar-refractivity contribution in [3.8, 4) is 0 Å². The van der Waals surface area contributed by atoms with Crippen LogP contribution in [0.4, 0.5) is 0 Å². The molecule has 4 rings (SSSR count). The monoisotopic (exact) mass is 357 g/mol. The second-order valence-corrected chi connectivity index (χ2v) is 8.66. The molecule has 0 N–H and O–H groups in total. The fourth-order valence-electron chi connectivity index (χ4n) is 4.77. The van der Waals surface area contributed by atoms with Gasteiger partial charge in [-0.15, -0.1) is 11.3 Å². The summed E-state index contributed by atoms with van der Waals surface area (Å²) >= 11 is 1.84. The molecule has 1 aliphatic heterocycles. The molecule has 1 amide bonds. The highest BCUT2D eigenvalue weighted by Crippen LogP contribution is 2.39. The third-order valence-corrected chi connectivity index (χ3v) is 6.92. The van der Waals surface area contributed by atoms with Gasteiger partial charge in [0.15, 0.2) is 0 Å². The number of fused-ring (bicyclic) bond motifs is 1. The predicted molar refractivity (Wildman–Crippen MR) is 102 cm³/mol. The van der Waals surface area contributed by atoms with Crippen molar-refractivity contribution in [3.05, 3.63) is 46.4 Å². The average Bonchev–Trinajstić information content (AvgIpc) is 3.33. The lowest BCUT2D eigenvalue weighted by atomic mass is 9.77. The van der Waals surface area contributed by atoms with Crippen molar-refractivity contribution in [1.82, 2.24) is 14.4 Å². The number of nitrogens with zero attached hydrogens (tertiary/aromatic N) is 3. The zero-order valence-electron chi connectivity index (χ0n) is 15.1. The van der Waals surface area contributed by atoms with E-state index < -0.39 is 0 Å². The first-order valence-corrected chi connectivity index (χ1v) is 10.1. The van der Waals surface area contributed by atoms with Crippen LogP contribution in [0.1, 0.15) is 34.6 Å². The van der Waals surface area contributed by atoms with E-state index in [1.807, 2.05) is 41.3 Å². The summed E-state index contributed by atoms with van der Waals surface area (Å²) < 4.78 is 1.94. The minimum atomic E-state index is 0.196. The number of rotatable bonds is 4. The maximum Gasteiger partial charge on any atom is 0.270 e. The third kappa shape index (κ3) is 3.27. The molecule has 0 aromatic carbocycles. The van der Waals surface area contributed by atoms with Gasteiger partial charge < -0.3 is 9.47 Å². The summed E-state index contributed by atoms with van der Waals surface area (Å²) in [6.45, 7) is 2.86. The number of hydrogen-bond donors (Lipinski definition) is 0. The van der Waals surface area contributed by atoms with Crippen LogP contribution in [0.15, 0.2) is 35.8 Å². The molecule has 3 heterocycles. The molecule has 0 bridgehead atoms. The van der Waals surface area contributed by atoms with E-state index in [4.69, 9.17) is 0 Å². The summed E-state index contributed by atoms with van der Waals surface area (Å²) in [5.41, 5.74) is 0.808. The van der Waals surface area contributed by atoms with Gasteiger partial charge in [0, 0.05) is 43.8 Å². The van der Waals surface area contributed by atoms with Gasteiger partial charge in [-0.2, -0.15) is 0 Å². The van der Waals surface area contributed by atoms with Gasteiger partial charge in [-0.05, 0) is 55.3 Å². The second kappa shape index (κ2) is 6.96. The predicted octanol–water partition coefficient (Wildman–Crippen LogP) is 3.46. The number of amides is 1. The largest absolute Gasteiger partial charge is 0.347 e. The lowest BCUT2D eigenvalue weighted by Gasteiger charge is -2.38. The van der Waals surface area contributed by atoms with Gasteiger partial charge in [0.25, 0.3) is 5.91 Å². The summed E-state index contributed by atoms with van der Waals surface area (Å²) in [5.74, 6) is 1.47. The number of thiophene rings is 1. The second-order valence-electron chi connectivity index (χ2n) is 7.63. The molecular weight excluding hydrogens is 330 g/mol. The Labute approximate surface area is 154 Å². The van der Waals surface area contributed by atoms with Crippen molar-refractivity contribution in [1.29, 1.82) is 0 Å². The van der Waals surface area contributed by atoms with Gasteiger partial charge in [0.2, 0.25) is 0 Å². The SMILES string of the molecule is CN(Cc1cccs1)C1CCC[C@@H]2CN(C(=O)c3cccn3C)C[C@H]12. The van der Waals surface area contributed by atoms with Gasteiger partial charge in [-0.1, -0.05) is 12.5 Å². The summed E-state index contributed by atoms with van der Waals surface area (Å²) in [4.78, 5) is 19.0. The first kappa shape index (κ1) is 16.9. The van der Waals surface area contributed by atoms with Crippen molar-refractivity contribution in [3.63, 3.8) is 0 Å². The zero-order chi connectivity index (χ0) is 17.4. The molecule has 1 saturated heterocycles. The molecular formula is C20H27N3OS. The molecule has 0 spiro atoms. The molecule has 1 saturated carbocycles. The Morgan fingerprint density at radius 2 is 2.16 bits per heavy atom. The van der Waals surface area contributed by atoms with E-state index in [0.29, 0.717) is 17.9 Å². The van der Waals surface area contributed by atoms with Gasteiger partial charge in [-0.3, -0.25) is 9.69 Å². The van der Waals surface area contributed by atoms with Crippen LogP contribution in [0.5, 0.6) is 0 Å². The topological polar surface area (TPSA) is 28.5 Å². The summed E-state index contributed by atoms with van der Waals surface area (Å²) in [5, 5.41) is 2.16. The maximum absolute atomic E-state index is 12.9. The Bertz CT molecular complexity index is 723. The molecule has 25 heavy (non-hydrogen) atoms. The van der Waals surface area contributed by atoms with Gasteiger partial charge in [0.1, 0.15) is 5.69 Å². The molecule has 5 heteroatoms. The summed E-state index contributed by atoms with van der Waals surface area (Å²) in [7, 11) is 4.21. The third-order valence-electron chi connectivity index (χ3n) is 6.06. The van der Waals surface area contributed by atoms with Crippen LogP contribution in [0.25, 0.3) is 0 Å². The maximum atomic E-state index is 12.9. The number of likely N-dealkylation sites (tertiary alicyclic amines) is 1. The average molecular weight is 358 g/mol.